The fourth-order valence-corrected chi connectivity index (χ4v) is 3.80. The predicted octanol–water partition coefficient (Wildman–Crippen LogP) is -0.0942. The Morgan fingerprint density at radius 1 is 1.37 bits per heavy atom. The molecule has 6 nitrogen and oxygen atoms in total. The second-order valence-electron chi connectivity index (χ2n) is 4.70. The number of carbonyl (C=O) groups excluding carboxylic acids is 1. The normalized spacial score (nSPS) is 20.5. The maximum absolute atomic E-state index is 12.2. The lowest BCUT2D eigenvalue weighted by Gasteiger charge is -2.16. The van der Waals surface area contributed by atoms with Gasteiger partial charge in [0, 0.05) is 18.8 Å². The molecule has 2 rings (SSSR count). The number of benzene rings is 1. The second-order valence-corrected chi connectivity index (χ2v) is 6.67. The van der Waals surface area contributed by atoms with E-state index in [1.54, 1.807) is 24.3 Å². The number of nitrogens with zero attached hydrogens (tertiary/aromatic N) is 1. The van der Waals surface area contributed by atoms with Gasteiger partial charge in [-0.15, -0.1) is 0 Å². The maximum atomic E-state index is 12.2. The van der Waals surface area contributed by atoms with Gasteiger partial charge in [-0.2, -0.15) is 0 Å². The van der Waals surface area contributed by atoms with Gasteiger partial charge >= 0.3 is 0 Å². The molecule has 19 heavy (non-hydrogen) atoms. The molecule has 4 N–H and O–H groups in total. The molecule has 1 amide bonds. The van der Waals surface area contributed by atoms with Gasteiger partial charge in [-0.25, -0.2) is 12.7 Å². The molecular weight excluding hydrogens is 266 g/mol. The van der Waals surface area contributed by atoms with E-state index >= 15 is 0 Å². The van der Waals surface area contributed by atoms with Gasteiger partial charge in [-0.05, 0) is 18.1 Å². The molecule has 1 aliphatic rings. The lowest BCUT2D eigenvalue weighted by atomic mass is 10.1. The standard InChI is InChI=1S/C12H17N3O3S/c13-11-4-2-1-3-10(11)8-19(17,18)15-6-5-9(7-15)12(14)16/h1-4,9H,5-8,13H2,(H2,14,16). The molecule has 1 saturated heterocycles. The Morgan fingerprint density at radius 2 is 2.05 bits per heavy atom. The molecule has 7 heteroatoms. The lowest BCUT2D eigenvalue weighted by molar-refractivity contribution is -0.121. The Kier molecular flexibility index (Phi) is 3.77. The summed E-state index contributed by atoms with van der Waals surface area (Å²) in [5, 5.41) is 0. The third kappa shape index (κ3) is 3.05. The number of primary amides is 1. The highest BCUT2D eigenvalue weighted by Gasteiger charge is 2.34. The summed E-state index contributed by atoms with van der Waals surface area (Å²) in [6, 6.07) is 6.86. The van der Waals surface area contributed by atoms with Crippen LogP contribution >= 0.6 is 0 Å². The van der Waals surface area contributed by atoms with Crippen molar-refractivity contribution in [2.45, 2.75) is 12.2 Å². The van der Waals surface area contributed by atoms with Gasteiger partial charge in [-0.1, -0.05) is 18.2 Å². The molecule has 1 fully saturated rings. The molecule has 1 unspecified atom stereocenters. The molecule has 1 heterocycles. The molecule has 1 aromatic rings. The number of sulfonamides is 1. The Labute approximate surface area is 112 Å². The van der Waals surface area contributed by atoms with E-state index in [0.29, 0.717) is 24.2 Å². The summed E-state index contributed by atoms with van der Waals surface area (Å²) in [5.74, 6) is -0.981. The summed E-state index contributed by atoms with van der Waals surface area (Å²) in [4.78, 5) is 11.1. The Bertz CT molecular complexity index is 586. The molecule has 1 atom stereocenters. The van der Waals surface area contributed by atoms with E-state index in [0.717, 1.165) is 0 Å². The van der Waals surface area contributed by atoms with Crippen molar-refractivity contribution >= 4 is 21.6 Å². The van der Waals surface area contributed by atoms with Crippen LogP contribution in [0.15, 0.2) is 24.3 Å². The fraction of sp³-hybridized carbons (Fsp3) is 0.417. The Morgan fingerprint density at radius 3 is 2.63 bits per heavy atom. The molecule has 0 bridgehead atoms. The molecule has 104 valence electrons. The van der Waals surface area contributed by atoms with Crippen molar-refractivity contribution < 1.29 is 13.2 Å². The first-order valence-electron chi connectivity index (χ1n) is 6.00. The molecule has 0 aliphatic carbocycles. The van der Waals surface area contributed by atoms with Gasteiger partial charge in [0.1, 0.15) is 0 Å². The van der Waals surface area contributed by atoms with E-state index in [9.17, 15) is 13.2 Å². The van der Waals surface area contributed by atoms with Gasteiger partial charge in [0.25, 0.3) is 0 Å². The van der Waals surface area contributed by atoms with Crippen LogP contribution < -0.4 is 11.5 Å². The van der Waals surface area contributed by atoms with Crippen molar-refractivity contribution in [3.8, 4) is 0 Å². The van der Waals surface area contributed by atoms with E-state index in [2.05, 4.69) is 0 Å². The highest BCUT2D eigenvalue weighted by atomic mass is 32.2. The van der Waals surface area contributed by atoms with Gasteiger partial charge in [0.15, 0.2) is 0 Å². The number of nitrogens with two attached hydrogens (primary N) is 2. The summed E-state index contributed by atoms with van der Waals surface area (Å²) >= 11 is 0. The highest BCUT2D eigenvalue weighted by Crippen LogP contribution is 2.23. The summed E-state index contributed by atoms with van der Waals surface area (Å²) < 4.78 is 25.8. The monoisotopic (exact) mass is 283 g/mol. The van der Waals surface area contributed by atoms with Crippen molar-refractivity contribution in [1.29, 1.82) is 0 Å². The first-order valence-corrected chi connectivity index (χ1v) is 7.61. The van der Waals surface area contributed by atoms with E-state index in [1.807, 2.05) is 0 Å². The topological polar surface area (TPSA) is 106 Å². The molecule has 1 aromatic carbocycles. The van der Waals surface area contributed by atoms with Crippen molar-refractivity contribution in [2.24, 2.45) is 11.7 Å². The Balaban J connectivity index is 2.12. The van der Waals surface area contributed by atoms with Crippen LogP contribution in [0.3, 0.4) is 0 Å². The van der Waals surface area contributed by atoms with E-state index < -0.39 is 15.9 Å². The van der Waals surface area contributed by atoms with Crippen LogP contribution in [0.25, 0.3) is 0 Å². The summed E-state index contributed by atoms with van der Waals surface area (Å²) in [7, 11) is -3.46. The molecule has 0 saturated carbocycles. The van der Waals surface area contributed by atoms with E-state index in [1.165, 1.54) is 4.31 Å². The third-order valence-corrected chi connectivity index (χ3v) is 5.13. The largest absolute Gasteiger partial charge is 0.398 e. The summed E-state index contributed by atoms with van der Waals surface area (Å²) in [6.07, 6.45) is 0.485. The number of para-hydroxylation sites is 1. The fourth-order valence-electron chi connectivity index (χ4n) is 2.17. The third-order valence-electron chi connectivity index (χ3n) is 3.34. The van der Waals surface area contributed by atoms with Crippen molar-refractivity contribution in [2.75, 3.05) is 18.8 Å². The second kappa shape index (κ2) is 5.18. The molecule has 0 aromatic heterocycles. The summed E-state index contributed by atoms with van der Waals surface area (Å²) in [5.41, 5.74) is 12.0. The molecule has 1 aliphatic heterocycles. The van der Waals surface area contributed by atoms with E-state index in [-0.39, 0.29) is 18.2 Å². The number of rotatable bonds is 4. The lowest BCUT2D eigenvalue weighted by Crippen LogP contribution is -2.32. The molecular formula is C12H17N3O3S. The SMILES string of the molecule is NC(=O)C1CCN(S(=O)(=O)Cc2ccccc2N)C1. The average molecular weight is 283 g/mol. The maximum Gasteiger partial charge on any atom is 0.221 e. The highest BCUT2D eigenvalue weighted by molar-refractivity contribution is 7.88. The number of hydrogen-bond acceptors (Lipinski definition) is 4. The number of nitrogen functional groups attached to an aromatic ring is 1. The smallest absolute Gasteiger partial charge is 0.221 e. The van der Waals surface area contributed by atoms with Gasteiger partial charge in [0.05, 0.1) is 11.7 Å². The predicted molar refractivity (Wildman–Crippen MR) is 72.4 cm³/mol. The number of carbonyl (C=O) groups is 1. The van der Waals surface area contributed by atoms with Crippen LogP contribution in [0.2, 0.25) is 0 Å². The molecule has 0 spiro atoms. The minimum Gasteiger partial charge on any atom is -0.398 e. The van der Waals surface area contributed by atoms with Gasteiger partial charge < -0.3 is 11.5 Å². The minimum absolute atomic E-state index is 0.148. The van der Waals surface area contributed by atoms with Crippen molar-refractivity contribution in [1.82, 2.24) is 4.31 Å². The van der Waals surface area contributed by atoms with Gasteiger partial charge in [0.2, 0.25) is 15.9 Å². The number of anilines is 1. The minimum atomic E-state index is -3.46. The van der Waals surface area contributed by atoms with Crippen LogP contribution in [0, 0.1) is 5.92 Å². The zero-order chi connectivity index (χ0) is 14.0. The van der Waals surface area contributed by atoms with Crippen LogP contribution in [0.4, 0.5) is 5.69 Å². The number of hydrogen-bond donors (Lipinski definition) is 2. The zero-order valence-corrected chi connectivity index (χ0v) is 11.3. The van der Waals surface area contributed by atoms with Crippen molar-refractivity contribution in [3.63, 3.8) is 0 Å². The van der Waals surface area contributed by atoms with Crippen LogP contribution in [-0.2, 0) is 20.6 Å². The van der Waals surface area contributed by atoms with Crippen LogP contribution in [0.1, 0.15) is 12.0 Å². The first-order chi connectivity index (χ1) is 8.90. The summed E-state index contributed by atoms with van der Waals surface area (Å²) in [6.45, 7) is 0.507. The first kappa shape index (κ1) is 13.8. The molecule has 0 radical (unpaired) electrons. The quantitative estimate of drug-likeness (QED) is 0.753. The van der Waals surface area contributed by atoms with E-state index in [4.69, 9.17) is 11.5 Å². The number of amides is 1. The van der Waals surface area contributed by atoms with Crippen molar-refractivity contribution in [3.05, 3.63) is 29.8 Å². The Hall–Kier alpha value is -1.60. The zero-order valence-electron chi connectivity index (χ0n) is 10.5. The van der Waals surface area contributed by atoms with Crippen LogP contribution in [0.5, 0.6) is 0 Å². The van der Waals surface area contributed by atoms with Gasteiger partial charge in [-0.3, -0.25) is 4.79 Å². The average Bonchev–Trinajstić information content (AvgIpc) is 2.82. The van der Waals surface area contributed by atoms with Crippen LogP contribution in [-0.4, -0.2) is 31.7 Å².